The van der Waals surface area contributed by atoms with E-state index in [0.717, 1.165) is 0 Å². The first-order valence-corrected chi connectivity index (χ1v) is 5.65. The van der Waals surface area contributed by atoms with Gasteiger partial charge in [0.25, 0.3) is 6.43 Å². The number of hydrogen-bond acceptors (Lipinski definition) is 1. The van der Waals surface area contributed by atoms with Crippen molar-refractivity contribution in [1.29, 1.82) is 0 Å². The molecule has 0 aliphatic rings. The summed E-state index contributed by atoms with van der Waals surface area (Å²) in [5, 5.41) is 0.0666. The van der Waals surface area contributed by atoms with Crippen LogP contribution < -0.4 is 0 Å². The average Bonchev–Trinajstić information content (AvgIpc) is 2.43. The summed E-state index contributed by atoms with van der Waals surface area (Å²) in [4.78, 5) is 0. The quantitative estimate of drug-likeness (QED) is 0.672. The molecule has 0 nitrogen and oxygen atoms in total. The van der Waals surface area contributed by atoms with Gasteiger partial charge in [-0.1, -0.05) is 12.1 Å². The molecule has 2 aromatic rings. The molecule has 1 aromatic heterocycles. The highest BCUT2D eigenvalue weighted by atomic mass is 127. The molecule has 0 aliphatic heterocycles. The lowest BCUT2D eigenvalue weighted by atomic mass is 10.1. The maximum Gasteiger partial charge on any atom is 0.264 e. The number of hydrogen-bond donors (Lipinski definition) is 0. The molecular weight excluding hydrogens is 324 g/mol. The first-order chi connectivity index (χ1) is 6.61. The zero-order valence-corrected chi connectivity index (χ0v) is 9.70. The Kier molecular flexibility index (Phi) is 2.70. The summed E-state index contributed by atoms with van der Waals surface area (Å²) in [6, 6.07) is 4.44. The Morgan fingerprint density at radius 1 is 1.29 bits per heavy atom. The van der Waals surface area contributed by atoms with Gasteiger partial charge in [0.15, 0.2) is 5.82 Å². The van der Waals surface area contributed by atoms with Crippen LogP contribution in [-0.2, 0) is 0 Å². The zero-order chi connectivity index (χ0) is 10.3. The number of fused-ring (bicyclic) bond motifs is 1. The van der Waals surface area contributed by atoms with E-state index in [9.17, 15) is 13.2 Å². The zero-order valence-electron chi connectivity index (χ0n) is 6.73. The molecule has 0 radical (unpaired) electrons. The predicted molar refractivity (Wildman–Crippen MR) is 59.5 cm³/mol. The second-order valence-electron chi connectivity index (χ2n) is 2.71. The van der Waals surface area contributed by atoms with E-state index in [1.807, 2.05) is 22.6 Å². The monoisotopic (exact) mass is 328 g/mol. The summed E-state index contributed by atoms with van der Waals surface area (Å²) in [5.74, 6) is -0.526. The van der Waals surface area contributed by atoms with Gasteiger partial charge in [-0.25, -0.2) is 13.2 Å². The predicted octanol–water partition coefficient (Wildman–Crippen LogP) is 4.58. The first-order valence-electron chi connectivity index (χ1n) is 3.76. The van der Waals surface area contributed by atoms with Crippen molar-refractivity contribution in [2.24, 2.45) is 0 Å². The van der Waals surface area contributed by atoms with Crippen LogP contribution in [-0.4, -0.2) is 0 Å². The van der Waals surface area contributed by atoms with Crippen LogP contribution in [0.3, 0.4) is 0 Å². The molecular formula is C9H4F3IS. The summed E-state index contributed by atoms with van der Waals surface area (Å²) < 4.78 is 39.5. The van der Waals surface area contributed by atoms with Gasteiger partial charge in [-0.3, -0.25) is 0 Å². The number of alkyl halides is 2. The van der Waals surface area contributed by atoms with Gasteiger partial charge in [0.2, 0.25) is 0 Å². The molecule has 0 fully saturated rings. The fourth-order valence-electron chi connectivity index (χ4n) is 1.29. The Balaban J connectivity index is 2.84. The number of benzene rings is 1. The third kappa shape index (κ3) is 1.52. The lowest BCUT2D eigenvalue weighted by Gasteiger charge is -2.00. The smallest absolute Gasteiger partial charge is 0.205 e. The van der Waals surface area contributed by atoms with Crippen molar-refractivity contribution in [3.8, 4) is 0 Å². The molecule has 0 bridgehead atoms. The molecule has 0 saturated carbocycles. The largest absolute Gasteiger partial charge is 0.264 e. The Morgan fingerprint density at radius 3 is 2.64 bits per heavy atom. The lowest BCUT2D eigenvalue weighted by Crippen LogP contribution is -1.86. The third-order valence-corrected chi connectivity index (χ3v) is 3.94. The van der Waals surface area contributed by atoms with Gasteiger partial charge in [-0.2, -0.15) is 0 Å². The van der Waals surface area contributed by atoms with Crippen molar-refractivity contribution in [1.82, 2.24) is 0 Å². The van der Waals surface area contributed by atoms with E-state index >= 15 is 0 Å². The van der Waals surface area contributed by atoms with Crippen LogP contribution in [0.15, 0.2) is 18.2 Å². The summed E-state index contributed by atoms with van der Waals surface area (Å²) in [6.45, 7) is 0. The van der Waals surface area contributed by atoms with E-state index in [2.05, 4.69) is 0 Å². The van der Waals surface area contributed by atoms with E-state index in [1.165, 1.54) is 23.5 Å². The molecule has 5 heteroatoms. The van der Waals surface area contributed by atoms with E-state index in [-0.39, 0.29) is 10.9 Å². The summed E-state index contributed by atoms with van der Waals surface area (Å²) in [5.41, 5.74) is -0.223. The minimum Gasteiger partial charge on any atom is -0.205 e. The molecule has 0 N–H and O–H groups in total. The van der Waals surface area contributed by atoms with Crippen LogP contribution in [0.25, 0.3) is 10.1 Å². The molecule has 14 heavy (non-hydrogen) atoms. The Labute approximate surface area is 95.9 Å². The molecule has 0 atom stereocenters. The molecule has 0 unspecified atom stereocenters. The van der Waals surface area contributed by atoms with Crippen LogP contribution >= 0.6 is 33.9 Å². The molecule has 2 rings (SSSR count). The Morgan fingerprint density at radius 2 is 2.00 bits per heavy atom. The molecule has 74 valence electrons. The maximum atomic E-state index is 13.4. The second-order valence-corrected chi connectivity index (χ2v) is 5.57. The minimum absolute atomic E-state index is 0.0666. The SMILES string of the molecule is Fc1c(I)sc2cccc(C(F)F)c12. The Bertz CT molecular complexity index is 478. The number of halogens is 4. The molecule has 0 aliphatic carbocycles. The molecule has 0 amide bonds. The topological polar surface area (TPSA) is 0 Å². The highest BCUT2D eigenvalue weighted by molar-refractivity contribution is 14.1. The van der Waals surface area contributed by atoms with E-state index in [1.54, 1.807) is 6.07 Å². The van der Waals surface area contributed by atoms with Gasteiger partial charge in [-0.15, -0.1) is 11.3 Å². The minimum atomic E-state index is -2.63. The van der Waals surface area contributed by atoms with Gasteiger partial charge >= 0.3 is 0 Å². The molecule has 1 aromatic carbocycles. The van der Waals surface area contributed by atoms with Gasteiger partial charge in [0.05, 0.1) is 0 Å². The standard InChI is InChI=1S/C9H4F3IS/c10-7-6-4(8(11)12)2-1-3-5(6)14-9(7)13/h1-3,8H. The molecule has 1 heterocycles. The summed E-state index contributed by atoms with van der Waals surface area (Å²) >= 11 is 3.00. The molecule has 0 saturated heterocycles. The van der Waals surface area contributed by atoms with E-state index in [0.29, 0.717) is 7.58 Å². The summed E-state index contributed by atoms with van der Waals surface area (Å²) in [7, 11) is 0. The van der Waals surface area contributed by atoms with Crippen LogP contribution in [0, 0.1) is 8.70 Å². The van der Waals surface area contributed by atoms with Crippen LogP contribution in [0.2, 0.25) is 0 Å². The third-order valence-electron chi connectivity index (χ3n) is 1.89. The fraction of sp³-hybridized carbons (Fsp3) is 0.111. The van der Waals surface area contributed by atoms with Crippen LogP contribution in [0.5, 0.6) is 0 Å². The lowest BCUT2D eigenvalue weighted by molar-refractivity contribution is 0.153. The first kappa shape index (κ1) is 10.2. The van der Waals surface area contributed by atoms with Crippen molar-refractivity contribution in [3.05, 3.63) is 32.5 Å². The van der Waals surface area contributed by atoms with Gasteiger partial charge in [-0.05, 0) is 28.7 Å². The van der Waals surface area contributed by atoms with Crippen molar-refractivity contribution in [3.63, 3.8) is 0 Å². The van der Waals surface area contributed by atoms with Gasteiger partial charge in [0, 0.05) is 15.6 Å². The maximum absolute atomic E-state index is 13.4. The normalized spacial score (nSPS) is 11.5. The van der Waals surface area contributed by atoms with E-state index < -0.39 is 12.2 Å². The fourth-order valence-corrected chi connectivity index (χ4v) is 3.11. The summed E-state index contributed by atoms with van der Waals surface area (Å²) in [6.07, 6.45) is -2.63. The molecule has 0 spiro atoms. The average molecular weight is 328 g/mol. The number of rotatable bonds is 1. The van der Waals surface area contributed by atoms with Gasteiger partial charge < -0.3 is 0 Å². The number of thiophene rings is 1. The van der Waals surface area contributed by atoms with E-state index in [4.69, 9.17) is 0 Å². The second kappa shape index (κ2) is 3.69. The van der Waals surface area contributed by atoms with Crippen molar-refractivity contribution in [2.75, 3.05) is 0 Å². The Hall–Kier alpha value is -0.300. The van der Waals surface area contributed by atoms with Crippen molar-refractivity contribution in [2.45, 2.75) is 6.43 Å². The van der Waals surface area contributed by atoms with Crippen LogP contribution in [0.1, 0.15) is 12.0 Å². The van der Waals surface area contributed by atoms with Crippen LogP contribution in [0.4, 0.5) is 13.2 Å². The van der Waals surface area contributed by atoms with Crippen molar-refractivity contribution >= 4 is 44.0 Å². The van der Waals surface area contributed by atoms with Gasteiger partial charge in [0.1, 0.15) is 2.88 Å². The van der Waals surface area contributed by atoms with Crippen molar-refractivity contribution < 1.29 is 13.2 Å². The highest BCUT2D eigenvalue weighted by Gasteiger charge is 2.18. The highest BCUT2D eigenvalue weighted by Crippen LogP contribution is 2.36.